The van der Waals surface area contributed by atoms with Crippen molar-refractivity contribution in [3.05, 3.63) is 35.0 Å². The topological polar surface area (TPSA) is 71.4 Å². The maximum Gasteiger partial charge on any atom is 0.226 e. The van der Waals surface area contributed by atoms with Crippen LogP contribution in [0, 0.1) is 11.8 Å². The van der Waals surface area contributed by atoms with Gasteiger partial charge in [-0.3, -0.25) is 14.4 Å². The van der Waals surface area contributed by atoms with Gasteiger partial charge < -0.3 is 14.8 Å². The van der Waals surface area contributed by atoms with Gasteiger partial charge in [-0.1, -0.05) is 36.9 Å². The summed E-state index contributed by atoms with van der Waals surface area (Å²) in [7, 11) is 1.79. The molecule has 1 saturated carbocycles. The highest BCUT2D eigenvalue weighted by molar-refractivity contribution is 6.31. The number of halogens is 1. The van der Waals surface area contributed by atoms with Crippen LogP contribution in [0.15, 0.2) is 24.4 Å². The smallest absolute Gasteiger partial charge is 0.226 e. The molecule has 0 bridgehead atoms. The Hall–Kier alpha value is -2.18. The number of carbonyl (C=O) groups is 3. The van der Waals surface area contributed by atoms with Crippen LogP contribution in [0.25, 0.3) is 10.9 Å². The molecule has 4 rings (SSSR count). The molecule has 1 aromatic carbocycles. The highest BCUT2D eigenvalue weighted by Gasteiger charge is 2.39. The molecule has 1 N–H and O–H groups in total. The van der Waals surface area contributed by atoms with Crippen molar-refractivity contribution in [2.75, 3.05) is 13.6 Å². The molecule has 1 amide bonds. The summed E-state index contributed by atoms with van der Waals surface area (Å²) in [6.45, 7) is 4.80. The monoisotopic (exact) mass is 499 g/mol. The second kappa shape index (κ2) is 11.3. The molecule has 3 atom stereocenters. The summed E-state index contributed by atoms with van der Waals surface area (Å²) in [6, 6.07) is 5.40. The fourth-order valence-corrected chi connectivity index (χ4v) is 6.17. The molecule has 1 aliphatic carbocycles. The first-order valence-corrected chi connectivity index (χ1v) is 13.5. The minimum absolute atomic E-state index is 0.0185. The summed E-state index contributed by atoms with van der Waals surface area (Å²) in [5.74, 6) is 0.301. The highest BCUT2D eigenvalue weighted by Crippen LogP contribution is 2.35. The Morgan fingerprint density at radius 2 is 1.86 bits per heavy atom. The number of amides is 1. The van der Waals surface area contributed by atoms with E-state index in [9.17, 15) is 14.4 Å². The van der Waals surface area contributed by atoms with E-state index in [1.807, 2.05) is 36.2 Å². The van der Waals surface area contributed by atoms with Gasteiger partial charge in [-0.15, -0.1) is 0 Å². The second-order valence-corrected chi connectivity index (χ2v) is 10.9. The van der Waals surface area contributed by atoms with Gasteiger partial charge in [0.25, 0.3) is 0 Å². The van der Waals surface area contributed by atoms with E-state index in [1.165, 1.54) is 6.42 Å². The number of fused-ring (bicyclic) bond motifs is 1. The van der Waals surface area contributed by atoms with Crippen LogP contribution in [0.1, 0.15) is 75.6 Å². The quantitative estimate of drug-likeness (QED) is 0.478. The Balaban J connectivity index is 1.59. The van der Waals surface area contributed by atoms with Crippen molar-refractivity contribution in [3.63, 3.8) is 0 Å². The van der Waals surface area contributed by atoms with E-state index >= 15 is 0 Å². The number of rotatable bonds is 9. The summed E-state index contributed by atoms with van der Waals surface area (Å²) < 4.78 is 2.08. The first kappa shape index (κ1) is 25.9. The summed E-state index contributed by atoms with van der Waals surface area (Å²) in [6.07, 6.45) is 9.62. The number of hydrogen-bond donors (Lipinski definition) is 1. The normalized spacial score (nSPS) is 20.8. The molecule has 35 heavy (non-hydrogen) atoms. The standard InChI is InChI=1S/C28H38ClN3O3/c1-18(30-3)27(34)15-24(20-8-5-4-6-9-20)28(35)32-13-7-10-22(32)16-31-17-25(19(2)33)23-12-11-21(29)14-26(23)31/h11-12,14,17-18,20,22,24,30H,4-10,13,15-16H2,1-3H3. The van der Waals surface area contributed by atoms with Crippen molar-refractivity contribution >= 4 is 40.0 Å². The number of benzene rings is 1. The molecule has 0 spiro atoms. The second-order valence-electron chi connectivity index (χ2n) is 10.4. The molecule has 6 nitrogen and oxygen atoms in total. The molecule has 0 radical (unpaired) electrons. The van der Waals surface area contributed by atoms with Gasteiger partial charge in [-0.25, -0.2) is 0 Å². The number of likely N-dealkylation sites (N-methyl/N-ethyl adjacent to an activating group) is 1. The molecule has 190 valence electrons. The van der Waals surface area contributed by atoms with E-state index in [0.29, 0.717) is 23.6 Å². The average molecular weight is 500 g/mol. The molecule has 3 unspecified atom stereocenters. The van der Waals surface area contributed by atoms with Gasteiger partial charge in [-0.05, 0) is 64.6 Å². The average Bonchev–Trinajstić information content (AvgIpc) is 3.47. The zero-order valence-corrected chi connectivity index (χ0v) is 21.9. The Kier molecular flexibility index (Phi) is 8.33. The Morgan fingerprint density at radius 3 is 2.54 bits per heavy atom. The molecule has 7 heteroatoms. The number of nitrogens with one attached hydrogen (secondary N) is 1. The third-order valence-electron chi connectivity index (χ3n) is 8.16. The zero-order valence-electron chi connectivity index (χ0n) is 21.2. The predicted octanol–water partition coefficient (Wildman–Crippen LogP) is 5.25. The molecular formula is C28H38ClN3O3. The third-order valence-corrected chi connectivity index (χ3v) is 8.40. The molecular weight excluding hydrogens is 462 g/mol. The van der Waals surface area contributed by atoms with Crippen molar-refractivity contribution < 1.29 is 14.4 Å². The van der Waals surface area contributed by atoms with E-state index in [2.05, 4.69) is 9.88 Å². The minimum atomic E-state index is -0.247. The highest BCUT2D eigenvalue weighted by atomic mass is 35.5. The van der Waals surface area contributed by atoms with Crippen LogP contribution in [-0.4, -0.2) is 52.6 Å². The number of aromatic nitrogens is 1. The van der Waals surface area contributed by atoms with Crippen molar-refractivity contribution in [2.24, 2.45) is 11.8 Å². The predicted molar refractivity (Wildman–Crippen MR) is 140 cm³/mol. The van der Waals surface area contributed by atoms with Crippen LogP contribution in [0.2, 0.25) is 5.02 Å². The van der Waals surface area contributed by atoms with Gasteiger partial charge >= 0.3 is 0 Å². The van der Waals surface area contributed by atoms with Crippen LogP contribution in [-0.2, 0) is 16.1 Å². The van der Waals surface area contributed by atoms with Gasteiger partial charge in [0, 0.05) is 53.6 Å². The summed E-state index contributed by atoms with van der Waals surface area (Å²) in [5, 5.41) is 4.56. The van der Waals surface area contributed by atoms with E-state index in [4.69, 9.17) is 11.6 Å². The molecule has 1 aromatic heterocycles. The van der Waals surface area contributed by atoms with Gasteiger partial charge in [-0.2, -0.15) is 0 Å². The lowest BCUT2D eigenvalue weighted by atomic mass is 9.76. The largest absolute Gasteiger partial charge is 0.345 e. The SMILES string of the molecule is CNC(C)C(=O)CC(C(=O)N1CCCC1Cn1cc(C(C)=O)c2ccc(Cl)cc21)C1CCCCC1. The van der Waals surface area contributed by atoms with Gasteiger partial charge in [0.15, 0.2) is 5.78 Å². The minimum Gasteiger partial charge on any atom is -0.345 e. The Labute approximate surface area is 213 Å². The molecule has 2 heterocycles. The Bertz CT molecular complexity index is 1090. The number of carbonyl (C=O) groups excluding carboxylic acids is 3. The number of hydrogen-bond acceptors (Lipinski definition) is 4. The lowest BCUT2D eigenvalue weighted by Gasteiger charge is -2.35. The van der Waals surface area contributed by atoms with Crippen molar-refractivity contribution in [1.82, 2.24) is 14.8 Å². The van der Waals surface area contributed by atoms with Gasteiger partial charge in [0.1, 0.15) is 5.78 Å². The first-order chi connectivity index (χ1) is 16.8. The number of nitrogens with zero attached hydrogens (tertiary/aromatic N) is 2. The number of likely N-dealkylation sites (tertiary alicyclic amines) is 1. The van der Waals surface area contributed by atoms with E-state index in [0.717, 1.165) is 56.0 Å². The fraction of sp³-hybridized carbons (Fsp3) is 0.607. The van der Waals surface area contributed by atoms with E-state index in [-0.39, 0.29) is 41.4 Å². The van der Waals surface area contributed by atoms with Crippen LogP contribution in [0.5, 0.6) is 0 Å². The number of ketones is 2. The van der Waals surface area contributed by atoms with Crippen molar-refractivity contribution in [1.29, 1.82) is 0 Å². The first-order valence-electron chi connectivity index (χ1n) is 13.1. The molecule has 2 aromatic rings. The summed E-state index contributed by atoms with van der Waals surface area (Å²) >= 11 is 6.29. The van der Waals surface area contributed by atoms with Crippen LogP contribution in [0.3, 0.4) is 0 Å². The zero-order chi connectivity index (χ0) is 25.1. The Morgan fingerprint density at radius 1 is 1.11 bits per heavy atom. The van der Waals surface area contributed by atoms with Crippen LogP contribution >= 0.6 is 11.6 Å². The van der Waals surface area contributed by atoms with Gasteiger partial charge in [0.2, 0.25) is 5.91 Å². The lowest BCUT2D eigenvalue weighted by Crippen LogP contribution is -2.45. The summed E-state index contributed by atoms with van der Waals surface area (Å²) in [4.78, 5) is 41.2. The van der Waals surface area contributed by atoms with E-state index in [1.54, 1.807) is 14.0 Å². The lowest BCUT2D eigenvalue weighted by molar-refractivity contribution is -0.141. The van der Waals surface area contributed by atoms with Crippen molar-refractivity contribution in [2.45, 2.75) is 83.8 Å². The van der Waals surface area contributed by atoms with Crippen molar-refractivity contribution in [3.8, 4) is 0 Å². The third kappa shape index (κ3) is 5.64. The maximum atomic E-state index is 14.0. The van der Waals surface area contributed by atoms with Crippen LogP contribution < -0.4 is 5.32 Å². The molecule has 2 aliphatic rings. The maximum absolute atomic E-state index is 14.0. The van der Waals surface area contributed by atoms with Crippen LogP contribution in [0.4, 0.5) is 0 Å². The summed E-state index contributed by atoms with van der Waals surface area (Å²) in [5.41, 5.74) is 1.60. The molecule has 1 aliphatic heterocycles. The molecule has 2 fully saturated rings. The molecule has 1 saturated heterocycles. The van der Waals surface area contributed by atoms with E-state index < -0.39 is 0 Å². The van der Waals surface area contributed by atoms with Gasteiger partial charge in [0.05, 0.1) is 11.6 Å². The fourth-order valence-electron chi connectivity index (χ4n) is 6.00. The number of Topliss-reactive ketones (excluding diaryl/α,β-unsaturated/α-hetero) is 2.